The molecule has 16 heavy (non-hydrogen) atoms. The van der Waals surface area contributed by atoms with E-state index in [1.54, 1.807) is 20.8 Å². The fourth-order valence-electron chi connectivity index (χ4n) is 0.892. The summed E-state index contributed by atoms with van der Waals surface area (Å²) in [5.41, 5.74) is -0.479. The standard InChI is InChI=1S/C10H21NO4S/c1-10(2,3)9(12)15-8-6-5-7-11(4)16(13)14/h5-8H2,1-4H3,(H,13,14)/p-1. The molecule has 6 heteroatoms. The van der Waals surface area contributed by atoms with Crippen LogP contribution in [0.4, 0.5) is 0 Å². The number of nitrogens with zero attached hydrogens (tertiary/aromatic N) is 1. The van der Waals surface area contributed by atoms with Gasteiger partial charge in [-0.15, -0.1) is 0 Å². The molecule has 0 N–H and O–H groups in total. The van der Waals surface area contributed by atoms with Crippen LogP contribution in [0, 0.1) is 5.41 Å². The molecule has 0 aliphatic heterocycles. The molecular weight excluding hydrogens is 230 g/mol. The average Bonchev–Trinajstić information content (AvgIpc) is 2.14. The minimum absolute atomic E-state index is 0.228. The molecule has 0 saturated heterocycles. The molecule has 0 radical (unpaired) electrons. The monoisotopic (exact) mass is 250 g/mol. The van der Waals surface area contributed by atoms with E-state index < -0.39 is 16.7 Å². The van der Waals surface area contributed by atoms with Crippen LogP contribution in [0.25, 0.3) is 0 Å². The first-order valence-corrected chi connectivity index (χ1v) is 6.26. The topological polar surface area (TPSA) is 69.7 Å². The molecule has 0 amide bonds. The van der Waals surface area contributed by atoms with Gasteiger partial charge in [0.05, 0.1) is 12.0 Å². The first kappa shape index (κ1) is 15.5. The van der Waals surface area contributed by atoms with E-state index >= 15 is 0 Å². The van der Waals surface area contributed by atoms with E-state index in [2.05, 4.69) is 0 Å². The molecule has 0 aliphatic carbocycles. The van der Waals surface area contributed by atoms with Crippen LogP contribution in [-0.4, -0.2) is 39.2 Å². The summed E-state index contributed by atoms with van der Waals surface area (Å²) in [6.07, 6.45) is 1.35. The first-order chi connectivity index (χ1) is 7.25. The van der Waals surface area contributed by atoms with Crippen LogP contribution >= 0.6 is 0 Å². The summed E-state index contributed by atoms with van der Waals surface area (Å²) >= 11 is -2.16. The van der Waals surface area contributed by atoms with Crippen molar-refractivity contribution in [2.24, 2.45) is 5.41 Å². The van der Waals surface area contributed by atoms with E-state index in [0.717, 1.165) is 0 Å². The fraction of sp³-hybridized carbons (Fsp3) is 0.900. The fourth-order valence-corrected chi connectivity index (χ4v) is 1.17. The van der Waals surface area contributed by atoms with Crippen molar-refractivity contribution >= 4 is 17.2 Å². The van der Waals surface area contributed by atoms with E-state index in [1.807, 2.05) is 0 Å². The second-order valence-electron chi connectivity index (χ2n) is 4.66. The zero-order valence-corrected chi connectivity index (χ0v) is 11.1. The van der Waals surface area contributed by atoms with E-state index in [0.29, 0.717) is 26.0 Å². The van der Waals surface area contributed by atoms with Crippen molar-refractivity contribution < 1.29 is 18.3 Å². The molecule has 0 fully saturated rings. The van der Waals surface area contributed by atoms with Gasteiger partial charge in [0.15, 0.2) is 0 Å². The predicted octanol–water partition coefficient (Wildman–Crippen LogP) is 1.08. The maximum Gasteiger partial charge on any atom is 0.311 e. The maximum atomic E-state index is 11.3. The van der Waals surface area contributed by atoms with Crippen LogP contribution in [0.3, 0.4) is 0 Å². The van der Waals surface area contributed by atoms with E-state index in [9.17, 15) is 13.6 Å². The lowest BCUT2D eigenvalue weighted by Crippen LogP contribution is -2.24. The number of unbranched alkanes of at least 4 members (excludes halogenated alkanes) is 1. The van der Waals surface area contributed by atoms with E-state index in [4.69, 9.17) is 4.74 Å². The Labute approximate surface area is 99.6 Å². The van der Waals surface area contributed by atoms with Gasteiger partial charge in [-0.1, -0.05) is 0 Å². The highest BCUT2D eigenvalue weighted by Gasteiger charge is 2.22. The van der Waals surface area contributed by atoms with E-state index in [1.165, 1.54) is 11.4 Å². The summed E-state index contributed by atoms with van der Waals surface area (Å²) in [6.45, 7) is 6.18. The number of carbonyl (C=O) groups excluding carboxylic acids is 1. The van der Waals surface area contributed by atoms with Crippen molar-refractivity contribution in [3.63, 3.8) is 0 Å². The van der Waals surface area contributed by atoms with Gasteiger partial charge in [0.1, 0.15) is 0 Å². The Morgan fingerprint density at radius 1 is 1.38 bits per heavy atom. The van der Waals surface area contributed by atoms with E-state index in [-0.39, 0.29) is 5.97 Å². The van der Waals surface area contributed by atoms with Gasteiger partial charge >= 0.3 is 5.97 Å². The molecule has 96 valence electrons. The number of hydrogen-bond donors (Lipinski definition) is 0. The van der Waals surface area contributed by atoms with Gasteiger partial charge in [-0.2, -0.15) is 0 Å². The number of hydrogen-bond acceptors (Lipinski definition) is 4. The Balaban J connectivity index is 3.55. The van der Waals surface area contributed by atoms with Gasteiger partial charge < -0.3 is 9.29 Å². The Bertz CT molecular complexity index is 250. The summed E-state index contributed by atoms with van der Waals surface area (Å²) in [5.74, 6) is -0.228. The minimum atomic E-state index is -2.16. The third-order valence-electron chi connectivity index (χ3n) is 1.97. The lowest BCUT2D eigenvalue weighted by molar-refractivity contribution is -0.153. The zero-order valence-electron chi connectivity index (χ0n) is 10.3. The van der Waals surface area contributed by atoms with Gasteiger partial charge in [0.25, 0.3) is 0 Å². The van der Waals surface area contributed by atoms with Crippen molar-refractivity contribution in [2.75, 3.05) is 20.2 Å². The molecule has 5 nitrogen and oxygen atoms in total. The molecule has 0 rings (SSSR count). The third kappa shape index (κ3) is 6.92. The zero-order chi connectivity index (χ0) is 12.8. The van der Waals surface area contributed by atoms with Crippen LogP contribution < -0.4 is 0 Å². The van der Waals surface area contributed by atoms with Crippen LogP contribution in [0.15, 0.2) is 0 Å². The molecule has 0 heterocycles. The molecule has 0 aromatic rings. The Morgan fingerprint density at radius 2 is 1.94 bits per heavy atom. The number of esters is 1. The van der Waals surface area contributed by atoms with Crippen molar-refractivity contribution in [1.82, 2.24) is 4.31 Å². The summed E-state index contributed by atoms with van der Waals surface area (Å²) in [6, 6.07) is 0. The lowest BCUT2D eigenvalue weighted by atomic mass is 9.97. The van der Waals surface area contributed by atoms with Crippen molar-refractivity contribution in [2.45, 2.75) is 33.6 Å². The SMILES string of the molecule is CN(CCCCOC(=O)C(C)(C)C)S(=O)[O-]. The largest absolute Gasteiger partial charge is 0.760 e. The van der Waals surface area contributed by atoms with Gasteiger partial charge in [-0.25, -0.2) is 4.31 Å². The van der Waals surface area contributed by atoms with Crippen LogP contribution in [0.2, 0.25) is 0 Å². The lowest BCUT2D eigenvalue weighted by Gasteiger charge is -2.19. The quantitative estimate of drug-likeness (QED) is 0.402. The highest BCUT2D eigenvalue weighted by atomic mass is 32.2. The van der Waals surface area contributed by atoms with Gasteiger partial charge in [-0.3, -0.25) is 9.00 Å². The molecule has 0 spiro atoms. The average molecular weight is 250 g/mol. The van der Waals surface area contributed by atoms with Crippen LogP contribution in [-0.2, 0) is 20.8 Å². The van der Waals surface area contributed by atoms with Crippen molar-refractivity contribution in [3.05, 3.63) is 0 Å². The number of rotatable bonds is 6. The Morgan fingerprint density at radius 3 is 2.38 bits per heavy atom. The van der Waals surface area contributed by atoms with Crippen molar-refractivity contribution in [1.29, 1.82) is 0 Å². The maximum absolute atomic E-state index is 11.3. The van der Waals surface area contributed by atoms with Gasteiger partial charge in [-0.05, 0) is 40.7 Å². The summed E-state index contributed by atoms with van der Waals surface area (Å²) in [7, 11) is 1.50. The van der Waals surface area contributed by atoms with Crippen molar-refractivity contribution in [3.8, 4) is 0 Å². The highest BCUT2D eigenvalue weighted by Crippen LogP contribution is 2.15. The number of carbonyl (C=O) groups is 1. The molecule has 0 aromatic heterocycles. The molecule has 0 bridgehead atoms. The summed E-state index contributed by atoms with van der Waals surface area (Å²) in [5, 5.41) is 0. The molecule has 0 aliphatic rings. The van der Waals surface area contributed by atoms with Gasteiger partial charge in [0.2, 0.25) is 0 Å². The first-order valence-electron chi connectivity index (χ1n) is 5.23. The normalized spacial score (nSPS) is 13.9. The Kier molecular flexibility index (Phi) is 6.78. The molecule has 1 atom stereocenters. The molecular formula is C10H20NO4S-. The molecule has 0 saturated carbocycles. The second-order valence-corrected chi connectivity index (χ2v) is 5.72. The third-order valence-corrected chi connectivity index (χ3v) is 2.66. The minimum Gasteiger partial charge on any atom is -0.760 e. The highest BCUT2D eigenvalue weighted by molar-refractivity contribution is 7.76. The molecule has 0 aromatic carbocycles. The second kappa shape index (κ2) is 6.98. The summed E-state index contributed by atoms with van der Waals surface area (Å²) < 4.78 is 27.1. The van der Waals surface area contributed by atoms with Gasteiger partial charge in [0, 0.05) is 17.8 Å². The molecule has 1 unspecified atom stereocenters. The van der Waals surface area contributed by atoms with Crippen LogP contribution in [0.1, 0.15) is 33.6 Å². The smallest absolute Gasteiger partial charge is 0.311 e. The number of ether oxygens (including phenoxy) is 1. The summed E-state index contributed by atoms with van der Waals surface area (Å²) in [4.78, 5) is 11.3. The Hall–Kier alpha value is -0.460. The van der Waals surface area contributed by atoms with Crippen LogP contribution in [0.5, 0.6) is 0 Å². The predicted molar refractivity (Wildman–Crippen MR) is 61.2 cm³/mol.